The number of aryl methyl sites for hydroxylation is 2. The first-order valence-electron chi connectivity index (χ1n) is 6.57. The molecule has 7 heteroatoms. The maximum absolute atomic E-state index is 12.2. The minimum absolute atomic E-state index is 0.0542. The lowest BCUT2D eigenvalue weighted by Gasteiger charge is -2.19. The van der Waals surface area contributed by atoms with Crippen LogP contribution in [0.1, 0.15) is 34.5 Å². The topological polar surface area (TPSA) is 84.8 Å². The Morgan fingerprint density at radius 1 is 1.60 bits per heavy atom. The van der Waals surface area contributed by atoms with Crippen molar-refractivity contribution in [2.24, 2.45) is 7.05 Å². The molecule has 0 spiro atoms. The quantitative estimate of drug-likeness (QED) is 0.864. The van der Waals surface area contributed by atoms with E-state index in [4.69, 9.17) is 4.74 Å². The van der Waals surface area contributed by atoms with Crippen LogP contribution in [0.2, 0.25) is 0 Å². The molecule has 20 heavy (non-hydrogen) atoms. The third-order valence-electron chi connectivity index (χ3n) is 3.51. The Balaban J connectivity index is 1.73. The minimum Gasteiger partial charge on any atom is -0.370 e. The molecule has 3 heterocycles. The van der Waals surface area contributed by atoms with Crippen molar-refractivity contribution in [3.05, 3.63) is 35.7 Å². The number of aromatic nitrogens is 4. The zero-order chi connectivity index (χ0) is 14.1. The summed E-state index contributed by atoms with van der Waals surface area (Å²) in [5, 5.41) is 7.14. The second kappa shape index (κ2) is 5.09. The number of amides is 1. The van der Waals surface area contributed by atoms with Gasteiger partial charge >= 0.3 is 0 Å². The molecule has 106 valence electrons. The molecule has 2 aromatic heterocycles. The summed E-state index contributed by atoms with van der Waals surface area (Å²) in [6, 6.07) is 1.86. The number of carbonyl (C=O) groups is 1. The minimum atomic E-state index is -0.159. The molecule has 2 aromatic rings. The lowest BCUT2D eigenvalue weighted by molar-refractivity contribution is 0.0789. The van der Waals surface area contributed by atoms with E-state index in [1.54, 1.807) is 17.1 Å². The van der Waals surface area contributed by atoms with Crippen LogP contribution in [0.5, 0.6) is 0 Å². The molecule has 0 bridgehead atoms. The zero-order valence-corrected chi connectivity index (χ0v) is 11.5. The first-order chi connectivity index (χ1) is 9.65. The van der Waals surface area contributed by atoms with Crippen LogP contribution in [0.4, 0.5) is 0 Å². The van der Waals surface area contributed by atoms with E-state index < -0.39 is 0 Å². The van der Waals surface area contributed by atoms with Crippen LogP contribution in [-0.4, -0.2) is 38.3 Å². The first kappa shape index (κ1) is 12.9. The summed E-state index contributed by atoms with van der Waals surface area (Å²) < 4.78 is 7.50. The maximum atomic E-state index is 12.2. The van der Waals surface area contributed by atoms with E-state index in [1.807, 2.05) is 20.0 Å². The van der Waals surface area contributed by atoms with Gasteiger partial charge in [0.05, 0.1) is 17.9 Å². The number of nitrogens with zero attached hydrogens (tertiary/aromatic N) is 3. The molecule has 1 saturated heterocycles. The monoisotopic (exact) mass is 275 g/mol. The summed E-state index contributed by atoms with van der Waals surface area (Å²) in [4.78, 5) is 19.1. The van der Waals surface area contributed by atoms with E-state index in [9.17, 15) is 4.79 Å². The predicted molar refractivity (Wildman–Crippen MR) is 71.1 cm³/mol. The molecular weight excluding hydrogens is 258 g/mol. The number of nitrogens with one attached hydrogen (secondary N) is 2. The number of hydrogen-bond donors (Lipinski definition) is 2. The smallest absolute Gasteiger partial charge is 0.269 e. The predicted octanol–water partition coefficient (Wildman–Crippen LogP) is 0.712. The van der Waals surface area contributed by atoms with Gasteiger partial charge in [0.15, 0.2) is 0 Å². The van der Waals surface area contributed by atoms with Crippen molar-refractivity contribution in [2.75, 3.05) is 6.61 Å². The second-order valence-corrected chi connectivity index (χ2v) is 4.92. The van der Waals surface area contributed by atoms with Crippen molar-refractivity contribution in [1.82, 2.24) is 25.1 Å². The first-order valence-corrected chi connectivity index (χ1v) is 6.57. The van der Waals surface area contributed by atoms with Crippen LogP contribution in [0.3, 0.4) is 0 Å². The van der Waals surface area contributed by atoms with E-state index in [2.05, 4.69) is 20.4 Å². The van der Waals surface area contributed by atoms with Gasteiger partial charge in [-0.05, 0) is 19.4 Å². The number of imidazole rings is 1. The Morgan fingerprint density at radius 2 is 2.45 bits per heavy atom. The van der Waals surface area contributed by atoms with Gasteiger partial charge in [-0.25, -0.2) is 4.98 Å². The molecule has 1 aliphatic rings. The Kier molecular flexibility index (Phi) is 3.27. The molecule has 0 saturated carbocycles. The van der Waals surface area contributed by atoms with Gasteiger partial charge in [0, 0.05) is 19.9 Å². The largest absolute Gasteiger partial charge is 0.370 e. The van der Waals surface area contributed by atoms with Crippen molar-refractivity contribution in [2.45, 2.75) is 25.5 Å². The number of hydrogen-bond acceptors (Lipinski definition) is 4. The van der Waals surface area contributed by atoms with Crippen LogP contribution in [0.15, 0.2) is 18.5 Å². The number of aromatic amines is 1. The second-order valence-electron chi connectivity index (χ2n) is 4.92. The molecule has 0 unspecified atom stereocenters. The SMILES string of the molecule is Cc1ncc(C(=O)N[C@H]2CCO[C@@H]2c2ccnn2C)[nH]1. The summed E-state index contributed by atoms with van der Waals surface area (Å²) in [6.07, 6.45) is 3.90. The molecular formula is C13H17N5O2. The molecule has 1 fully saturated rings. The Bertz CT molecular complexity index is 618. The summed E-state index contributed by atoms with van der Waals surface area (Å²) in [5.41, 5.74) is 1.44. The Labute approximate surface area is 116 Å². The fourth-order valence-corrected chi connectivity index (χ4v) is 2.47. The molecule has 1 amide bonds. The lowest BCUT2D eigenvalue weighted by Crippen LogP contribution is -2.37. The molecule has 2 N–H and O–H groups in total. The highest BCUT2D eigenvalue weighted by Gasteiger charge is 2.33. The number of rotatable bonds is 3. The summed E-state index contributed by atoms with van der Waals surface area (Å²) in [6.45, 7) is 2.44. The highest BCUT2D eigenvalue weighted by Crippen LogP contribution is 2.28. The van der Waals surface area contributed by atoms with Crippen molar-refractivity contribution < 1.29 is 9.53 Å². The maximum Gasteiger partial charge on any atom is 0.269 e. The molecule has 0 aliphatic carbocycles. The van der Waals surface area contributed by atoms with Crippen LogP contribution in [0.25, 0.3) is 0 Å². The third kappa shape index (κ3) is 2.32. The van der Waals surface area contributed by atoms with Gasteiger partial charge in [0.1, 0.15) is 17.6 Å². The average Bonchev–Trinajstić information content (AvgIpc) is 3.10. The normalized spacial score (nSPS) is 22.1. The van der Waals surface area contributed by atoms with Gasteiger partial charge in [-0.15, -0.1) is 0 Å². The molecule has 3 rings (SSSR count). The van der Waals surface area contributed by atoms with E-state index in [1.165, 1.54) is 0 Å². The fraction of sp³-hybridized carbons (Fsp3) is 0.462. The van der Waals surface area contributed by atoms with Crippen molar-refractivity contribution in [3.63, 3.8) is 0 Å². The molecule has 7 nitrogen and oxygen atoms in total. The molecule has 1 aliphatic heterocycles. The summed E-state index contributed by atoms with van der Waals surface area (Å²) in [7, 11) is 1.87. The summed E-state index contributed by atoms with van der Waals surface area (Å²) in [5.74, 6) is 0.564. The molecule has 2 atom stereocenters. The number of H-pyrrole nitrogens is 1. The van der Waals surface area contributed by atoms with Crippen molar-refractivity contribution >= 4 is 5.91 Å². The van der Waals surface area contributed by atoms with Crippen LogP contribution in [-0.2, 0) is 11.8 Å². The van der Waals surface area contributed by atoms with Gasteiger partial charge in [0.2, 0.25) is 0 Å². The van der Waals surface area contributed by atoms with Gasteiger partial charge < -0.3 is 15.0 Å². The molecule has 0 aromatic carbocycles. The van der Waals surface area contributed by atoms with E-state index in [-0.39, 0.29) is 18.1 Å². The zero-order valence-electron chi connectivity index (χ0n) is 11.5. The van der Waals surface area contributed by atoms with Crippen LogP contribution < -0.4 is 5.32 Å². The van der Waals surface area contributed by atoms with Crippen LogP contribution in [0, 0.1) is 6.92 Å². The van der Waals surface area contributed by atoms with Gasteiger partial charge in [-0.2, -0.15) is 5.10 Å². The standard InChI is InChI=1S/C13H17N5O2/c1-8-14-7-10(16-8)13(19)17-9-4-6-20-12(9)11-3-5-15-18(11)2/h3,5,7,9,12H,4,6H2,1-2H3,(H,14,16)(H,17,19)/t9-,12-/m0/s1. The van der Waals surface area contributed by atoms with E-state index in [0.717, 1.165) is 17.9 Å². The van der Waals surface area contributed by atoms with Crippen molar-refractivity contribution in [1.29, 1.82) is 0 Å². The number of ether oxygens (including phenoxy) is 1. The highest BCUT2D eigenvalue weighted by atomic mass is 16.5. The third-order valence-corrected chi connectivity index (χ3v) is 3.51. The Hall–Kier alpha value is -2.15. The lowest BCUT2D eigenvalue weighted by atomic mass is 10.1. The van der Waals surface area contributed by atoms with Gasteiger partial charge in [-0.3, -0.25) is 9.48 Å². The highest BCUT2D eigenvalue weighted by molar-refractivity contribution is 5.92. The number of carbonyl (C=O) groups excluding carboxylic acids is 1. The average molecular weight is 275 g/mol. The Morgan fingerprint density at radius 3 is 3.10 bits per heavy atom. The molecule has 0 radical (unpaired) electrons. The fourth-order valence-electron chi connectivity index (χ4n) is 2.47. The van der Waals surface area contributed by atoms with Crippen molar-refractivity contribution in [3.8, 4) is 0 Å². The van der Waals surface area contributed by atoms with Gasteiger partial charge in [0.25, 0.3) is 5.91 Å². The van der Waals surface area contributed by atoms with E-state index >= 15 is 0 Å². The van der Waals surface area contributed by atoms with E-state index in [0.29, 0.717) is 12.3 Å². The van der Waals surface area contributed by atoms with Crippen LogP contribution >= 0.6 is 0 Å². The van der Waals surface area contributed by atoms with Gasteiger partial charge in [-0.1, -0.05) is 0 Å². The summed E-state index contributed by atoms with van der Waals surface area (Å²) >= 11 is 0.